The van der Waals surface area contributed by atoms with Crippen molar-refractivity contribution in [1.29, 1.82) is 0 Å². The zero-order valence-electron chi connectivity index (χ0n) is 12.5. The molecule has 108 valence electrons. The lowest BCUT2D eigenvalue weighted by Gasteiger charge is -2.20. The van der Waals surface area contributed by atoms with E-state index in [0.717, 1.165) is 42.0 Å². The number of methoxy groups -OCH3 is 1. The number of benzene rings is 1. The van der Waals surface area contributed by atoms with Gasteiger partial charge in [-0.05, 0) is 20.4 Å². The van der Waals surface area contributed by atoms with Crippen LogP contribution in [0, 0.1) is 0 Å². The lowest BCUT2D eigenvalue weighted by atomic mass is 9.95. The molecule has 1 aromatic carbocycles. The van der Waals surface area contributed by atoms with Crippen LogP contribution in [0.4, 0.5) is 0 Å². The standard InChI is InChI=1S/C17H23NO2/c1-4-20-17-13(12-18-2)8-7-10-15(17)14-9-5-6-11-16(14)19-3/h5,7-10,18H,4,6,11-12H2,1-3H3. The maximum Gasteiger partial charge on any atom is 0.131 e. The zero-order valence-corrected chi connectivity index (χ0v) is 12.5. The number of allylic oxidation sites excluding steroid dienone is 4. The summed E-state index contributed by atoms with van der Waals surface area (Å²) in [4.78, 5) is 0. The molecule has 1 N–H and O–H groups in total. The van der Waals surface area contributed by atoms with Crippen LogP contribution in [0.5, 0.6) is 5.75 Å². The highest BCUT2D eigenvalue weighted by Gasteiger charge is 2.17. The third-order valence-electron chi connectivity index (χ3n) is 3.41. The summed E-state index contributed by atoms with van der Waals surface area (Å²) in [6, 6.07) is 6.28. The van der Waals surface area contributed by atoms with E-state index in [9.17, 15) is 0 Å². The van der Waals surface area contributed by atoms with Crippen LogP contribution in [-0.2, 0) is 11.3 Å². The Kier molecular flexibility index (Phi) is 5.24. The highest BCUT2D eigenvalue weighted by Crippen LogP contribution is 2.35. The van der Waals surface area contributed by atoms with Crippen LogP contribution in [0.2, 0.25) is 0 Å². The van der Waals surface area contributed by atoms with Gasteiger partial charge in [0, 0.05) is 29.7 Å². The van der Waals surface area contributed by atoms with Gasteiger partial charge in [0.05, 0.1) is 13.7 Å². The molecule has 0 aromatic heterocycles. The first kappa shape index (κ1) is 14.7. The minimum Gasteiger partial charge on any atom is -0.500 e. The molecule has 3 nitrogen and oxygen atoms in total. The summed E-state index contributed by atoms with van der Waals surface area (Å²) in [5.74, 6) is 2.00. The lowest BCUT2D eigenvalue weighted by Crippen LogP contribution is -2.09. The summed E-state index contributed by atoms with van der Waals surface area (Å²) in [5.41, 5.74) is 3.43. The number of nitrogens with one attached hydrogen (secondary N) is 1. The summed E-state index contributed by atoms with van der Waals surface area (Å²) < 4.78 is 11.5. The maximum absolute atomic E-state index is 5.90. The summed E-state index contributed by atoms with van der Waals surface area (Å²) in [5, 5.41) is 3.19. The molecule has 0 radical (unpaired) electrons. The van der Waals surface area contributed by atoms with E-state index in [-0.39, 0.29) is 0 Å². The molecule has 0 spiro atoms. The molecule has 0 saturated carbocycles. The molecule has 0 atom stereocenters. The van der Waals surface area contributed by atoms with Crippen molar-refractivity contribution in [1.82, 2.24) is 5.32 Å². The van der Waals surface area contributed by atoms with Crippen molar-refractivity contribution in [3.8, 4) is 5.75 Å². The van der Waals surface area contributed by atoms with E-state index < -0.39 is 0 Å². The van der Waals surface area contributed by atoms with Gasteiger partial charge in [-0.3, -0.25) is 0 Å². The molecule has 2 rings (SSSR count). The second-order valence-electron chi connectivity index (χ2n) is 4.74. The number of hydrogen-bond donors (Lipinski definition) is 1. The Morgan fingerprint density at radius 3 is 2.85 bits per heavy atom. The Morgan fingerprint density at radius 2 is 2.15 bits per heavy atom. The average Bonchev–Trinajstić information content (AvgIpc) is 2.49. The van der Waals surface area contributed by atoms with Crippen LogP contribution in [0.1, 0.15) is 30.9 Å². The molecule has 0 aliphatic heterocycles. The Morgan fingerprint density at radius 1 is 1.30 bits per heavy atom. The Labute approximate surface area is 121 Å². The number of rotatable bonds is 6. The topological polar surface area (TPSA) is 30.5 Å². The second-order valence-corrected chi connectivity index (χ2v) is 4.74. The van der Waals surface area contributed by atoms with Gasteiger partial charge in [-0.2, -0.15) is 0 Å². The molecule has 0 bridgehead atoms. The quantitative estimate of drug-likeness (QED) is 0.860. The van der Waals surface area contributed by atoms with Gasteiger partial charge in [0.25, 0.3) is 0 Å². The molecular formula is C17H23NO2. The van der Waals surface area contributed by atoms with Gasteiger partial charge < -0.3 is 14.8 Å². The van der Waals surface area contributed by atoms with Crippen molar-refractivity contribution < 1.29 is 9.47 Å². The van der Waals surface area contributed by atoms with E-state index in [1.807, 2.05) is 14.0 Å². The molecule has 0 heterocycles. The fourth-order valence-electron chi connectivity index (χ4n) is 2.54. The van der Waals surface area contributed by atoms with E-state index >= 15 is 0 Å². The predicted octanol–water partition coefficient (Wildman–Crippen LogP) is 3.51. The van der Waals surface area contributed by atoms with Crippen molar-refractivity contribution in [3.05, 3.63) is 47.2 Å². The largest absolute Gasteiger partial charge is 0.500 e. The normalized spacial score (nSPS) is 14.6. The molecule has 3 heteroatoms. The van der Waals surface area contributed by atoms with Gasteiger partial charge in [0.2, 0.25) is 0 Å². The van der Waals surface area contributed by atoms with Crippen LogP contribution in [0.3, 0.4) is 0 Å². The highest BCUT2D eigenvalue weighted by molar-refractivity contribution is 5.80. The second kappa shape index (κ2) is 7.15. The van der Waals surface area contributed by atoms with Crippen LogP contribution < -0.4 is 10.1 Å². The van der Waals surface area contributed by atoms with E-state index in [0.29, 0.717) is 6.61 Å². The third-order valence-corrected chi connectivity index (χ3v) is 3.41. The smallest absolute Gasteiger partial charge is 0.131 e. The summed E-state index contributed by atoms with van der Waals surface area (Å²) in [7, 11) is 3.69. The zero-order chi connectivity index (χ0) is 14.4. The van der Waals surface area contributed by atoms with E-state index in [1.54, 1.807) is 7.11 Å². The number of para-hydroxylation sites is 1. The lowest BCUT2D eigenvalue weighted by molar-refractivity contribution is 0.279. The third kappa shape index (κ3) is 3.05. The molecule has 1 aromatic rings. The van der Waals surface area contributed by atoms with E-state index in [1.165, 1.54) is 5.56 Å². The first-order valence-electron chi connectivity index (χ1n) is 7.15. The molecule has 1 aliphatic carbocycles. The average molecular weight is 273 g/mol. The van der Waals surface area contributed by atoms with Crippen LogP contribution in [0.25, 0.3) is 5.57 Å². The first-order chi connectivity index (χ1) is 9.81. The monoisotopic (exact) mass is 273 g/mol. The number of hydrogen-bond acceptors (Lipinski definition) is 3. The summed E-state index contributed by atoms with van der Waals surface area (Å²) in [6.07, 6.45) is 6.32. The van der Waals surface area contributed by atoms with Gasteiger partial charge in [-0.1, -0.05) is 30.4 Å². The van der Waals surface area contributed by atoms with Crippen molar-refractivity contribution in [2.45, 2.75) is 26.3 Å². The van der Waals surface area contributed by atoms with Gasteiger partial charge >= 0.3 is 0 Å². The minimum absolute atomic E-state index is 0.660. The SMILES string of the molecule is CCOc1c(CNC)cccc1C1=C(OC)CCC=C1. The molecule has 0 amide bonds. The van der Waals surface area contributed by atoms with E-state index in [4.69, 9.17) is 9.47 Å². The van der Waals surface area contributed by atoms with Crippen LogP contribution in [-0.4, -0.2) is 20.8 Å². The molecule has 1 aliphatic rings. The molecule has 20 heavy (non-hydrogen) atoms. The van der Waals surface area contributed by atoms with Gasteiger partial charge in [-0.25, -0.2) is 0 Å². The summed E-state index contributed by atoms with van der Waals surface area (Å²) in [6.45, 7) is 3.47. The fraction of sp³-hybridized carbons (Fsp3) is 0.412. The Balaban J connectivity index is 2.52. The molecule has 0 fully saturated rings. The molecule has 0 unspecified atom stereocenters. The van der Waals surface area contributed by atoms with Crippen LogP contribution in [0.15, 0.2) is 36.1 Å². The van der Waals surface area contributed by atoms with Crippen molar-refractivity contribution in [2.75, 3.05) is 20.8 Å². The van der Waals surface area contributed by atoms with Crippen molar-refractivity contribution in [3.63, 3.8) is 0 Å². The Bertz CT molecular complexity index is 518. The Hall–Kier alpha value is -1.74. The molecular weight excluding hydrogens is 250 g/mol. The van der Waals surface area contributed by atoms with Gasteiger partial charge in [0.1, 0.15) is 11.5 Å². The fourth-order valence-corrected chi connectivity index (χ4v) is 2.54. The van der Waals surface area contributed by atoms with E-state index in [2.05, 4.69) is 35.7 Å². The van der Waals surface area contributed by atoms with Gasteiger partial charge in [0.15, 0.2) is 0 Å². The maximum atomic E-state index is 5.90. The highest BCUT2D eigenvalue weighted by atomic mass is 16.5. The minimum atomic E-state index is 0.660. The van der Waals surface area contributed by atoms with Gasteiger partial charge in [-0.15, -0.1) is 0 Å². The first-order valence-corrected chi connectivity index (χ1v) is 7.15. The van der Waals surface area contributed by atoms with Crippen molar-refractivity contribution in [2.24, 2.45) is 0 Å². The summed E-state index contributed by atoms with van der Waals surface area (Å²) >= 11 is 0. The molecule has 0 saturated heterocycles. The van der Waals surface area contributed by atoms with Crippen LogP contribution >= 0.6 is 0 Å². The predicted molar refractivity (Wildman–Crippen MR) is 82.7 cm³/mol. The van der Waals surface area contributed by atoms with Crippen molar-refractivity contribution >= 4 is 5.57 Å². The number of ether oxygens (including phenoxy) is 2.